The molecule has 5 fully saturated rings. The summed E-state index contributed by atoms with van der Waals surface area (Å²) in [6.07, 6.45) is 12.1. The highest BCUT2D eigenvalue weighted by Gasteiger charge is 2.79. The highest BCUT2D eigenvalue weighted by molar-refractivity contribution is 5.27. The number of allylic oxidation sites excluding steroid dienone is 2. The van der Waals surface area contributed by atoms with E-state index < -0.39 is 0 Å². The van der Waals surface area contributed by atoms with Gasteiger partial charge in [0, 0.05) is 11.8 Å². The van der Waals surface area contributed by atoms with E-state index >= 15 is 0 Å². The topological polar surface area (TPSA) is 53.0 Å². The minimum absolute atomic E-state index is 0.0322. The first-order valence-electron chi connectivity index (χ1n) is 12.8. The van der Waals surface area contributed by atoms with Crippen LogP contribution in [-0.4, -0.2) is 34.1 Å². The van der Waals surface area contributed by atoms with Gasteiger partial charge in [0.1, 0.15) is 11.7 Å². The maximum atomic E-state index is 11.5. The summed E-state index contributed by atoms with van der Waals surface area (Å²) < 4.78 is 6.36. The van der Waals surface area contributed by atoms with Gasteiger partial charge in [0.05, 0.1) is 12.2 Å². The molecule has 0 aromatic carbocycles. The fourth-order valence-corrected chi connectivity index (χ4v) is 9.45. The molecule has 3 heteroatoms. The zero-order valence-corrected chi connectivity index (χ0v) is 19.9. The fourth-order valence-electron chi connectivity index (χ4n) is 9.45. The highest BCUT2D eigenvalue weighted by Crippen LogP contribution is 2.74. The van der Waals surface area contributed by atoms with Crippen molar-refractivity contribution in [3.05, 3.63) is 11.6 Å². The van der Waals surface area contributed by atoms with Crippen LogP contribution >= 0.6 is 0 Å². The van der Waals surface area contributed by atoms with Crippen molar-refractivity contribution < 1.29 is 14.9 Å². The van der Waals surface area contributed by atoms with Gasteiger partial charge in [-0.25, -0.2) is 0 Å². The predicted molar refractivity (Wildman–Crippen MR) is 120 cm³/mol. The molecule has 4 saturated carbocycles. The third-order valence-corrected chi connectivity index (χ3v) is 11.0. The first-order chi connectivity index (χ1) is 14.1. The van der Waals surface area contributed by atoms with E-state index in [9.17, 15) is 10.2 Å². The van der Waals surface area contributed by atoms with Gasteiger partial charge in [0.25, 0.3) is 0 Å². The minimum atomic E-state index is -0.335. The second kappa shape index (κ2) is 7.06. The van der Waals surface area contributed by atoms with E-state index in [-0.39, 0.29) is 29.3 Å². The lowest BCUT2D eigenvalue weighted by molar-refractivity contribution is -0.151. The Balaban J connectivity index is 1.39. The van der Waals surface area contributed by atoms with Crippen LogP contribution in [0.2, 0.25) is 0 Å². The zero-order valence-electron chi connectivity index (χ0n) is 19.9. The van der Waals surface area contributed by atoms with E-state index in [1.54, 1.807) is 0 Å². The Hall–Kier alpha value is -0.380. The average Bonchev–Trinajstić information content (AvgIpc) is 3.29. The van der Waals surface area contributed by atoms with Crippen LogP contribution in [0.15, 0.2) is 11.6 Å². The first kappa shape index (κ1) is 21.5. The van der Waals surface area contributed by atoms with E-state index in [1.165, 1.54) is 44.1 Å². The number of aliphatic hydroxyl groups is 2. The predicted octanol–water partition coefficient (Wildman–Crippen LogP) is 5.49. The normalized spacial score (nSPS) is 55.0. The van der Waals surface area contributed by atoms with Crippen LogP contribution in [0.5, 0.6) is 0 Å². The van der Waals surface area contributed by atoms with Gasteiger partial charge in [-0.2, -0.15) is 0 Å². The van der Waals surface area contributed by atoms with Crippen LogP contribution in [0, 0.1) is 40.4 Å². The Bertz CT molecular complexity index is 713. The van der Waals surface area contributed by atoms with E-state index in [4.69, 9.17) is 4.74 Å². The maximum Gasteiger partial charge on any atom is 0.114 e. The molecule has 11 atom stereocenters. The van der Waals surface area contributed by atoms with E-state index in [0.717, 1.165) is 31.1 Å². The minimum Gasteiger partial charge on any atom is -0.393 e. The van der Waals surface area contributed by atoms with Crippen molar-refractivity contribution in [2.75, 3.05) is 0 Å². The Kier molecular flexibility index (Phi) is 5.05. The third kappa shape index (κ3) is 2.80. The molecule has 0 amide bonds. The summed E-state index contributed by atoms with van der Waals surface area (Å²) in [5, 5.41) is 21.9. The molecular weight excluding hydrogens is 372 g/mol. The van der Waals surface area contributed by atoms with E-state index in [1.807, 2.05) is 0 Å². The van der Waals surface area contributed by atoms with Crippen molar-refractivity contribution in [2.45, 2.75) is 116 Å². The molecule has 0 unspecified atom stereocenters. The molecule has 1 aliphatic heterocycles. The summed E-state index contributed by atoms with van der Waals surface area (Å²) in [5.41, 5.74) is 1.69. The molecule has 1 saturated heterocycles. The lowest BCUT2D eigenvalue weighted by atomic mass is 9.43. The molecule has 0 aromatic heterocycles. The van der Waals surface area contributed by atoms with Crippen molar-refractivity contribution in [3.8, 4) is 0 Å². The molecule has 0 bridgehead atoms. The van der Waals surface area contributed by atoms with Gasteiger partial charge < -0.3 is 14.9 Å². The largest absolute Gasteiger partial charge is 0.393 e. The van der Waals surface area contributed by atoms with Crippen LogP contribution < -0.4 is 0 Å². The van der Waals surface area contributed by atoms with Gasteiger partial charge in [0.15, 0.2) is 0 Å². The highest BCUT2D eigenvalue weighted by atomic mass is 16.6. The van der Waals surface area contributed by atoms with Crippen molar-refractivity contribution in [1.82, 2.24) is 0 Å². The lowest BCUT2D eigenvalue weighted by Crippen LogP contribution is -2.63. The molecule has 2 N–H and O–H groups in total. The second-order valence-corrected chi connectivity index (χ2v) is 12.6. The van der Waals surface area contributed by atoms with Crippen LogP contribution in [0.1, 0.15) is 92.4 Å². The standard InChI is InChI=1S/C27H44O3/c1-16(2)7-6-8-17(3)19-9-10-20-22-21(12-13-25(19,20)4)26(5)14-11-18(28)15-27(26)24(30-27)23(22)29/h7,17-24,28-29H,6,8-15H2,1-5H3/t17-,18+,19-,20-,21-,22-,23-,24-,25-,26-,27-/m1/s1. The molecule has 5 rings (SSSR count). The van der Waals surface area contributed by atoms with Crippen LogP contribution in [0.25, 0.3) is 0 Å². The summed E-state index contributed by atoms with van der Waals surface area (Å²) in [6, 6.07) is 0. The Morgan fingerprint density at radius 1 is 1.07 bits per heavy atom. The zero-order chi connectivity index (χ0) is 21.5. The SMILES string of the molecule is CC(C)=CCC[C@@H](C)[C@H]1CC[C@@H]2[C@H]3[C@@H](O)[C@H]4O[C@]45C[C@@H](O)CC[C@]5(C)[C@@H]3CC[C@@]21C. The smallest absolute Gasteiger partial charge is 0.114 e. The Morgan fingerprint density at radius 3 is 2.57 bits per heavy atom. The molecule has 170 valence electrons. The van der Waals surface area contributed by atoms with Crippen LogP contribution in [0.4, 0.5) is 0 Å². The molecular formula is C27H44O3. The van der Waals surface area contributed by atoms with Crippen LogP contribution in [0.3, 0.4) is 0 Å². The molecule has 3 nitrogen and oxygen atoms in total. The number of hydrogen-bond acceptors (Lipinski definition) is 3. The van der Waals surface area contributed by atoms with Gasteiger partial charge in [-0.3, -0.25) is 0 Å². The van der Waals surface area contributed by atoms with Crippen molar-refractivity contribution in [1.29, 1.82) is 0 Å². The van der Waals surface area contributed by atoms with Crippen molar-refractivity contribution in [3.63, 3.8) is 0 Å². The van der Waals surface area contributed by atoms with E-state index in [0.29, 0.717) is 23.2 Å². The number of epoxide rings is 1. The average molecular weight is 417 g/mol. The third-order valence-electron chi connectivity index (χ3n) is 11.0. The van der Waals surface area contributed by atoms with E-state index in [2.05, 4.69) is 40.7 Å². The monoisotopic (exact) mass is 416 g/mol. The molecule has 5 aliphatic rings. The maximum absolute atomic E-state index is 11.5. The van der Waals surface area contributed by atoms with Crippen molar-refractivity contribution >= 4 is 0 Å². The summed E-state index contributed by atoms with van der Waals surface area (Å²) in [7, 11) is 0. The Morgan fingerprint density at radius 2 is 1.83 bits per heavy atom. The van der Waals surface area contributed by atoms with Gasteiger partial charge >= 0.3 is 0 Å². The lowest BCUT2D eigenvalue weighted by Gasteiger charge is -2.60. The quantitative estimate of drug-likeness (QED) is 0.470. The van der Waals surface area contributed by atoms with Crippen molar-refractivity contribution in [2.24, 2.45) is 40.4 Å². The molecule has 1 spiro atoms. The molecule has 0 radical (unpaired) electrons. The summed E-state index contributed by atoms with van der Waals surface area (Å²) in [5.74, 6) is 3.11. The number of ether oxygens (including phenoxy) is 1. The summed E-state index contributed by atoms with van der Waals surface area (Å²) in [6.45, 7) is 11.9. The molecule has 30 heavy (non-hydrogen) atoms. The van der Waals surface area contributed by atoms with Gasteiger partial charge in [-0.15, -0.1) is 0 Å². The summed E-state index contributed by atoms with van der Waals surface area (Å²) in [4.78, 5) is 0. The molecule has 0 aromatic rings. The summed E-state index contributed by atoms with van der Waals surface area (Å²) >= 11 is 0. The first-order valence-corrected chi connectivity index (χ1v) is 12.8. The van der Waals surface area contributed by atoms with Crippen LogP contribution in [-0.2, 0) is 4.74 Å². The molecule has 4 aliphatic carbocycles. The van der Waals surface area contributed by atoms with Gasteiger partial charge in [-0.05, 0) is 100 Å². The Labute approximate surface area is 183 Å². The second-order valence-electron chi connectivity index (χ2n) is 12.6. The van der Waals surface area contributed by atoms with Gasteiger partial charge in [-0.1, -0.05) is 32.4 Å². The number of rotatable bonds is 4. The fraction of sp³-hybridized carbons (Fsp3) is 0.926. The number of fused-ring (bicyclic) bond motifs is 4. The van der Waals surface area contributed by atoms with Gasteiger partial charge in [0.2, 0.25) is 0 Å². The molecule has 1 heterocycles. The number of aliphatic hydroxyl groups excluding tert-OH is 2. The number of hydrogen-bond donors (Lipinski definition) is 2.